The predicted octanol–water partition coefficient (Wildman–Crippen LogP) is 4.11. The molecule has 0 bridgehead atoms. The second-order valence-electron chi connectivity index (χ2n) is 6.92. The summed E-state index contributed by atoms with van der Waals surface area (Å²) in [5, 5.41) is 0. The van der Waals surface area contributed by atoms with Crippen LogP contribution in [0.15, 0.2) is 48.5 Å². The summed E-state index contributed by atoms with van der Waals surface area (Å²) in [6.45, 7) is 2.83. The minimum absolute atomic E-state index is 0.0769. The van der Waals surface area contributed by atoms with Crippen LogP contribution in [-0.2, 0) is 11.0 Å². The second kappa shape index (κ2) is 7.31. The third kappa shape index (κ3) is 4.13. The third-order valence-electron chi connectivity index (χ3n) is 5.28. The van der Waals surface area contributed by atoms with Crippen LogP contribution in [0.4, 0.5) is 17.6 Å². The largest absolute Gasteiger partial charge is 0.416 e. The zero-order chi connectivity index (χ0) is 19.8. The van der Waals surface area contributed by atoms with Gasteiger partial charge in [0, 0.05) is 25.0 Å². The first-order chi connectivity index (χ1) is 12.7. The Hall–Kier alpha value is -2.41. The summed E-state index contributed by atoms with van der Waals surface area (Å²) in [6.07, 6.45) is -4.40. The second-order valence-corrected chi connectivity index (χ2v) is 6.92. The van der Waals surface area contributed by atoms with Gasteiger partial charge in [0.25, 0.3) is 0 Å². The highest BCUT2D eigenvalue weighted by molar-refractivity contribution is 5.78. The van der Waals surface area contributed by atoms with Crippen LogP contribution in [0.2, 0.25) is 0 Å². The molecule has 1 aliphatic heterocycles. The number of carbonyl (C=O) groups excluding carboxylic acids is 1. The maximum atomic E-state index is 13.1. The van der Waals surface area contributed by atoms with Gasteiger partial charge in [-0.15, -0.1) is 0 Å². The van der Waals surface area contributed by atoms with Crippen molar-refractivity contribution >= 4 is 5.91 Å². The van der Waals surface area contributed by atoms with Crippen molar-refractivity contribution in [1.29, 1.82) is 0 Å². The molecule has 3 unspecified atom stereocenters. The zero-order valence-electron chi connectivity index (χ0n) is 14.7. The Labute approximate surface area is 154 Å². The van der Waals surface area contributed by atoms with Crippen molar-refractivity contribution in [2.24, 2.45) is 11.7 Å². The van der Waals surface area contributed by atoms with Crippen molar-refractivity contribution in [2.75, 3.05) is 13.1 Å². The first kappa shape index (κ1) is 19.4. The van der Waals surface area contributed by atoms with E-state index >= 15 is 0 Å². The Balaban J connectivity index is 1.82. The highest BCUT2D eigenvalue weighted by Crippen LogP contribution is 2.38. The summed E-state index contributed by atoms with van der Waals surface area (Å²) in [4.78, 5) is 14.0. The lowest BCUT2D eigenvalue weighted by Gasteiger charge is -2.24. The summed E-state index contributed by atoms with van der Waals surface area (Å²) in [7, 11) is 0. The number of amides is 1. The standard InChI is InChI=1S/C20H20F4N2O/c1-12(13-4-8-16(21)9-5-13)26-10-17(18(11-26)19(25)27)14-2-6-15(7-3-14)20(22,23)24/h2-9,12,17-18H,10-11H2,1H3,(H2,25,27). The zero-order valence-corrected chi connectivity index (χ0v) is 14.7. The van der Waals surface area contributed by atoms with E-state index < -0.39 is 23.6 Å². The highest BCUT2D eigenvalue weighted by atomic mass is 19.4. The van der Waals surface area contributed by atoms with Gasteiger partial charge in [-0.1, -0.05) is 24.3 Å². The van der Waals surface area contributed by atoms with E-state index in [-0.39, 0.29) is 17.8 Å². The Kier molecular flexibility index (Phi) is 5.24. The van der Waals surface area contributed by atoms with E-state index in [1.54, 1.807) is 12.1 Å². The minimum atomic E-state index is -4.40. The number of rotatable bonds is 4. The number of alkyl halides is 3. The molecule has 0 radical (unpaired) electrons. The molecule has 3 nitrogen and oxygen atoms in total. The molecule has 3 rings (SSSR count). The molecular weight excluding hydrogens is 360 g/mol. The van der Waals surface area contributed by atoms with Gasteiger partial charge in [-0.2, -0.15) is 13.2 Å². The van der Waals surface area contributed by atoms with Crippen molar-refractivity contribution in [3.05, 3.63) is 71.0 Å². The lowest BCUT2D eigenvalue weighted by Crippen LogP contribution is -2.30. The molecule has 2 N–H and O–H groups in total. The van der Waals surface area contributed by atoms with Crippen LogP contribution in [-0.4, -0.2) is 23.9 Å². The minimum Gasteiger partial charge on any atom is -0.369 e. The van der Waals surface area contributed by atoms with E-state index in [1.807, 2.05) is 11.8 Å². The molecule has 0 aromatic heterocycles. The van der Waals surface area contributed by atoms with E-state index in [1.165, 1.54) is 24.3 Å². The quantitative estimate of drug-likeness (QED) is 0.812. The summed E-state index contributed by atoms with van der Waals surface area (Å²) < 4.78 is 51.5. The SMILES string of the molecule is CC(c1ccc(F)cc1)N1CC(C(N)=O)C(c2ccc(C(F)(F)F)cc2)C1. The highest BCUT2D eigenvalue weighted by Gasteiger charge is 2.39. The average Bonchev–Trinajstić information content (AvgIpc) is 3.07. The first-order valence-electron chi connectivity index (χ1n) is 8.63. The maximum Gasteiger partial charge on any atom is 0.416 e. The Morgan fingerprint density at radius 1 is 1.07 bits per heavy atom. The molecule has 27 heavy (non-hydrogen) atoms. The molecule has 1 amide bonds. The number of nitrogens with two attached hydrogens (primary N) is 1. The first-order valence-corrected chi connectivity index (χ1v) is 8.63. The van der Waals surface area contributed by atoms with Crippen LogP contribution < -0.4 is 5.73 Å². The van der Waals surface area contributed by atoms with Gasteiger partial charge in [0.1, 0.15) is 5.82 Å². The van der Waals surface area contributed by atoms with Crippen molar-refractivity contribution in [3.63, 3.8) is 0 Å². The number of carbonyl (C=O) groups is 1. The van der Waals surface area contributed by atoms with E-state index in [2.05, 4.69) is 0 Å². The number of nitrogens with zero attached hydrogens (tertiary/aromatic N) is 1. The molecule has 1 aliphatic rings. The van der Waals surface area contributed by atoms with Crippen LogP contribution in [0.25, 0.3) is 0 Å². The molecule has 1 saturated heterocycles. The fraction of sp³-hybridized carbons (Fsp3) is 0.350. The van der Waals surface area contributed by atoms with Crippen molar-refractivity contribution in [2.45, 2.75) is 25.1 Å². The van der Waals surface area contributed by atoms with Crippen LogP contribution in [0.3, 0.4) is 0 Å². The Bertz CT molecular complexity index is 802. The fourth-order valence-corrected chi connectivity index (χ4v) is 3.65. The number of hydrogen-bond acceptors (Lipinski definition) is 2. The molecule has 1 fully saturated rings. The summed E-state index contributed by atoms with van der Waals surface area (Å²) in [5.74, 6) is -1.59. The average molecular weight is 380 g/mol. The van der Waals surface area contributed by atoms with Gasteiger partial charge >= 0.3 is 6.18 Å². The van der Waals surface area contributed by atoms with Crippen molar-refractivity contribution < 1.29 is 22.4 Å². The number of likely N-dealkylation sites (tertiary alicyclic amines) is 1. The summed E-state index contributed by atoms with van der Waals surface area (Å²) >= 11 is 0. The molecule has 3 atom stereocenters. The molecule has 0 saturated carbocycles. The molecule has 7 heteroatoms. The molecule has 2 aromatic rings. The van der Waals surface area contributed by atoms with Gasteiger partial charge in [0.05, 0.1) is 11.5 Å². The van der Waals surface area contributed by atoms with Crippen molar-refractivity contribution in [3.8, 4) is 0 Å². The van der Waals surface area contributed by atoms with Gasteiger partial charge in [0.15, 0.2) is 0 Å². The molecule has 0 aliphatic carbocycles. The fourth-order valence-electron chi connectivity index (χ4n) is 3.65. The van der Waals surface area contributed by atoms with Crippen LogP contribution >= 0.6 is 0 Å². The smallest absolute Gasteiger partial charge is 0.369 e. The lowest BCUT2D eigenvalue weighted by molar-refractivity contribution is -0.137. The molecular formula is C20H20F4N2O. The van der Waals surface area contributed by atoms with Gasteiger partial charge in [-0.3, -0.25) is 9.69 Å². The van der Waals surface area contributed by atoms with Crippen LogP contribution in [0.1, 0.15) is 35.6 Å². The number of halogens is 4. The normalized spacial score (nSPS) is 22.0. The monoisotopic (exact) mass is 380 g/mol. The maximum absolute atomic E-state index is 13.1. The summed E-state index contributed by atoms with van der Waals surface area (Å²) in [6, 6.07) is 10.9. The predicted molar refractivity (Wildman–Crippen MR) is 93.3 cm³/mol. The Morgan fingerprint density at radius 3 is 2.19 bits per heavy atom. The Morgan fingerprint density at radius 2 is 1.67 bits per heavy atom. The molecule has 1 heterocycles. The van der Waals surface area contributed by atoms with Gasteiger partial charge < -0.3 is 5.73 Å². The van der Waals surface area contributed by atoms with Gasteiger partial charge in [0.2, 0.25) is 5.91 Å². The molecule has 0 spiro atoms. The summed E-state index contributed by atoms with van der Waals surface area (Å²) in [5.41, 5.74) is 6.37. The van der Waals surface area contributed by atoms with Gasteiger partial charge in [-0.25, -0.2) is 4.39 Å². The van der Waals surface area contributed by atoms with Gasteiger partial charge in [-0.05, 0) is 42.3 Å². The van der Waals surface area contributed by atoms with Crippen molar-refractivity contribution in [1.82, 2.24) is 4.90 Å². The van der Waals surface area contributed by atoms with E-state index in [9.17, 15) is 22.4 Å². The lowest BCUT2D eigenvalue weighted by atomic mass is 9.88. The van der Waals surface area contributed by atoms with Crippen LogP contribution in [0, 0.1) is 11.7 Å². The molecule has 2 aromatic carbocycles. The third-order valence-corrected chi connectivity index (χ3v) is 5.28. The number of hydrogen-bond donors (Lipinski definition) is 1. The number of benzene rings is 2. The van der Waals surface area contributed by atoms with E-state index in [4.69, 9.17) is 5.73 Å². The topological polar surface area (TPSA) is 46.3 Å². The molecule has 144 valence electrons. The van der Waals surface area contributed by atoms with Crippen LogP contribution in [0.5, 0.6) is 0 Å². The van der Waals surface area contributed by atoms with E-state index in [0.29, 0.717) is 18.7 Å². The number of primary amides is 1. The van der Waals surface area contributed by atoms with E-state index in [0.717, 1.165) is 17.7 Å².